The maximum absolute atomic E-state index is 13.0. The van der Waals surface area contributed by atoms with Crippen LogP contribution in [0.4, 0.5) is 23.7 Å². The van der Waals surface area contributed by atoms with Crippen molar-refractivity contribution in [2.24, 2.45) is 0 Å². The fraction of sp³-hybridized carbons (Fsp3) is 0.364. The molecule has 0 radical (unpaired) electrons. The van der Waals surface area contributed by atoms with Crippen molar-refractivity contribution in [2.45, 2.75) is 25.1 Å². The van der Waals surface area contributed by atoms with Crippen molar-refractivity contribution < 1.29 is 32.9 Å². The molecule has 2 amide bonds. The summed E-state index contributed by atoms with van der Waals surface area (Å²) in [6.07, 6.45) is -1.35. The van der Waals surface area contributed by atoms with Crippen molar-refractivity contribution in [3.8, 4) is 5.75 Å². The van der Waals surface area contributed by atoms with Crippen molar-refractivity contribution in [1.29, 1.82) is 0 Å². The van der Waals surface area contributed by atoms with Crippen LogP contribution < -0.4 is 10.1 Å². The number of rotatable bonds is 6. The van der Waals surface area contributed by atoms with Crippen LogP contribution in [-0.2, 0) is 12.6 Å². The maximum atomic E-state index is 13.0. The molecule has 33 heavy (non-hydrogen) atoms. The number of benzene rings is 1. The Kier molecular flexibility index (Phi) is 7.83. The van der Waals surface area contributed by atoms with Crippen molar-refractivity contribution in [2.75, 3.05) is 32.1 Å². The molecule has 1 aliphatic heterocycles. The van der Waals surface area contributed by atoms with Crippen LogP contribution in [-0.4, -0.2) is 59.0 Å². The summed E-state index contributed by atoms with van der Waals surface area (Å²) in [5, 5.41) is 21.5. The maximum Gasteiger partial charge on any atom is 0.419 e. The van der Waals surface area contributed by atoms with Gasteiger partial charge in [-0.05, 0) is 35.8 Å². The fourth-order valence-electron chi connectivity index (χ4n) is 3.44. The zero-order chi connectivity index (χ0) is 24.2. The van der Waals surface area contributed by atoms with Crippen LogP contribution in [0.1, 0.15) is 23.2 Å². The second kappa shape index (κ2) is 10.4. The molecule has 0 saturated heterocycles. The second-order valence-corrected chi connectivity index (χ2v) is 7.89. The number of hydrogen-bond donors (Lipinski definition) is 3. The van der Waals surface area contributed by atoms with E-state index in [-0.39, 0.29) is 31.0 Å². The largest absolute Gasteiger partial charge is 0.496 e. The molecule has 11 heteroatoms. The fourth-order valence-corrected chi connectivity index (χ4v) is 3.75. The van der Waals surface area contributed by atoms with Crippen molar-refractivity contribution in [3.63, 3.8) is 0 Å². The highest BCUT2D eigenvalue weighted by Gasteiger charge is 2.34. The highest BCUT2D eigenvalue weighted by molar-refractivity contribution is 6.32. The molecule has 1 aromatic carbocycles. The number of methoxy groups -OCH3 is 1. The van der Waals surface area contributed by atoms with Gasteiger partial charge >= 0.3 is 12.2 Å². The van der Waals surface area contributed by atoms with Gasteiger partial charge in [-0.15, -0.1) is 0 Å². The van der Waals surface area contributed by atoms with Crippen LogP contribution in [0.15, 0.2) is 36.5 Å². The molecule has 0 aliphatic carbocycles. The Labute approximate surface area is 193 Å². The molecule has 1 aliphatic rings. The number of nitrogens with one attached hydrogen (secondary N) is 1. The number of aliphatic hydroxyl groups excluding tert-OH is 2. The first kappa shape index (κ1) is 24.8. The Morgan fingerprint density at radius 1 is 1.36 bits per heavy atom. The lowest BCUT2D eigenvalue weighted by Gasteiger charge is -2.27. The van der Waals surface area contributed by atoms with Crippen molar-refractivity contribution >= 4 is 28.9 Å². The SMILES string of the molecule is COc1cc(NC(=O)N2CC=C(c3ncc(C[C@@H](O)CO)cc3Cl)CC2)ccc1C(F)(F)F. The van der Waals surface area contributed by atoms with Gasteiger partial charge in [0.15, 0.2) is 0 Å². The third-order valence-corrected chi connectivity index (χ3v) is 5.43. The van der Waals surface area contributed by atoms with Crippen molar-refractivity contribution in [3.05, 3.63) is 58.4 Å². The number of anilines is 1. The van der Waals surface area contributed by atoms with E-state index in [1.165, 1.54) is 11.0 Å². The number of urea groups is 1. The zero-order valence-electron chi connectivity index (χ0n) is 17.7. The number of aromatic nitrogens is 1. The van der Waals surface area contributed by atoms with Gasteiger partial charge in [0.2, 0.25) is 0 Å². The number of carbonyl (C=O) groups excluding carboxylic acids is 1. The summed E-state index contributed by atoms with van der Waals surface area (Å²) in [4.78, 5) is 18.4. The summed E-state index contributed by atoms with van der Waals surface area (Å²) in [5.74, 6) is -0.378. The summed E-state index contributed by atoms with van der Waals surface area (Å²) in [6, 6.07) is 4.39. The van der Waals surface area contributed by atoms with Gasteiger partial charge in [0, 0.05) is 37.5 Å². The average molecular weight is 486 g/mol. The normalized spacial score (nSPS) is 15.1. The predicted molar refractivity (Wildman–Crippen MR) is 117 cm³/mol. The molecule has 1 aromatic heterocycles. The Hall–Kier alpha value is -2.82. The molecule has 7 nitrogen and oxygen atoms in total. The lowest BCUT2D eigenvalue weighted by molar-refractivity contribution is -0.138. The summed E-state index contributed by atoms with van der Waals surface area (Å²) < 4.78 is 43.8. The predicted octanol–water partition coefficient (Wildman–Crippen LogP) is 3.98. The number of aliphatic hydroxyl groups is 2. The van der Waals surface area contributed by atoms with Crippen LogP contribution in [0, 0.1) is 0 Å². The zero-order valence-corrected chi connectivity index (χ0v) is 18.5. The molecule has 0 unspecified atom stereocenters. The van der Waals surface area contributed by atoms with Gasteiger partial charge in [-0.3, -0.25) is 4.98 Å². The summed E-state index contributed by atoms with van der Waals surface area (Å²) in [5.41, 5.74) is 1.38. The molecule has 1 atom stereocenters. The lowest BCUT2D eigenvalue weighted by Crippen LogP contribution is -2.38. The van der Waals surface area contributed by atoms with Gasteiger partial charge in [-0.25, -0.2) is 4.79 Å². The summed E-state index contributed by atoms with van der Waals surface area (Å²) >= 11 is 6.34. The van der Waals surface area contributed by atoms with Crippen LogP contribution in [0.25, 0.3) is 5.57 Å². The average Bonchev–Trinajstić information content (AvgIpc) is 2.78. The van der Waals surface area contributed by atoms with E-state index in [2.05, 4.69) is 10.3 Å². The molecule has 2 heterocycles. The van der Waals surface area contributed by atoms with Gasteiger partial charge in [-0.2, -0.15) is 13.2 Å². The number of ether oxygens (including phenoxy) is 1. The van der Waals surface area contributed by atoms with Gasteiger partial charge < -0.3 is 25.2 Å². The first-order valence-electron chi connectivity index (χ1n) is 10.1. The van der Waals surface area contributed by atoms with E-state index in [1.807, 2.05) is 6.08 Å². The van der Waals surface area contributed by atoms with E-state index in [1.54, 1.807) is 12.3 Å². The lowest BCUT2D eigenvalue weighted by atomic mass is 10.0. The van der Waals surface area contributed by atoms with Crippen molar-refractivity contribution in [1.82, 2.24) is 9.88 Å². The second-order valence-electron chi connectivity index (χ2n) is 7.48. The van der Waals surface area contributed by atoms with Gasteiger partial charge in [0.05, 0.1) is 36.1 Å². The minimum atomic E-state index is -4.56. The number of hydrogen-bond acceptors (Lipinski definition) is 5. The number of amides is 2. The first-order chi connectivity index (χ1) is 15.6. The number of halogens is 4. The smallest absolute Gasteiger partial charge is 0.419 e. The molecular formula is C22H23ClF3N3O4. The first-order valence-corrected chi connectivity index (χ1v) is 10.4. The van der Waals surface area contributed by atoms with Crippen LogP contribution in [0.5, 0.6) is 5.75 Å². The Balaban J connectivity index is 1.65. The molecule has 0 spiro atoms. The number of nitrogens with zero attached hydrogens (tertiary/aromatic N) is 2. The minimum absolute atomic E-state index is 0.185. The third-order valence-electron chi connectivity index (χ3n) is 5.14. The molecule has 0 fully saturated rings. The standard InChI is InChI=1S/C22H23ClF3N3O4/c1-33-19-10-15(2-3-17(19)22(24,25)26)28-21(32)29-6-4-14(5-7-29)20-18(23)9-13(11-27-20)8-16(31)12-30/h2-4,9-11,16,30-31H,5-8,12H2,1H3,(H,28,32)/t16-/m1/s1. The van der Waals surface area contributed by atoms with Crippen LogP contribution in [0.2, 0.25) is 5.02 Å². The van der Waals surface area contributed by atoms with E-state index in [0.29, 0.717) is 29.2 Å². The van der Waals surface area contributed by atoms with Crippen LogP contribution in [0.3, 0.4) is 0 Å². The summed E-state index contributed by atoms with van der Waals surface area (Å²) in [7, 11) is 1.13. The minimum Gasteiger partial charge on any atom is -0.496 e. The summed E-state index contributed by atoms with van der Waals surface area (Å²) in [6.45, 7) is 0.266. The molecule has 3 N–H and O–H groups in total. The molecule has 0 saturated carbocycles. The quantitative estimate of drug-likeness (QED) is 0.575. The molecule has 178 valence electrons. The monoisotopic (exact) mass is 485 g/mol. The van der Waals surface area contributed by atoms with Crippen LogP contribution >= 0.6 is 11.6 Å². The highest BCUT2D eigenvalue weighted by atomic mass is 35.5. The topological polar surface area (TPSA) is 94.9 Å². The third kappa shape index (κ3) is 6.16. The molecule has 0 bridgehead atoms. The Morgan fingerprint density at radius 2 is 2.12 bits per heavy atom. The molecule has 3 rings (SSSR count). The molecular weight excluding hydrogens is 463 g/mol. The number of carbonyl (C=O) groups is 1. The van der Waals surface area contributed by atoms with E-state index in [9.17, 15) is 23.1 Å². The Morgan fingerprint density at radius 3 is 2.70 bits per heavy atom. The van der Waals surface area contributed by atoms with E-state index in [0.717, 1.165) is 24.8 Å². The number of alkyl halides is 3. The van der Waals surface area contributed by atoms with Gasteiger partial charge in [-0.1, -0.05) is 17.7 Å². The number of pyridine rings is 1. The van der Waals surface area contributed by atoms with E-state index < -0.39 is 23.9 Å². The van der Waals surface area contributed by atoms with Gasteiger partial charge in [0.25, 0.3) is 0 Å². The van der Waals surface area contributed by atoms with Gasteiger partial charge in [0.1, 0.15) is 5.75 Å². The Bertz CT molecular complexity index is 1050. The highest BCUT2D eigenvalue weighted by Crippen LogP contribution is 2.37. The van der Waals surface area contributed by atoms with E-state index in [4.69, 9.17) is 21.4 Å². The molecule has 2 aromatic rings. The van der Waals surface area contributed by atoms with E-state index >= 15 is 0 Å².